The van der Waals surface area contributed by atoms with E-state index >= 15 is 0 Å². The number of amides is 2. The maximum absolute atomic E-state index is 12.0. The van der Waals surface area contributed by atoms with Crippen LogP contribution in [-0.2, 0) is 0 Å². The summed E-state index contributed by atoms with van der Waals surface area (Å²) in [6.45, 7) is 3.37. The van der Waals surface area contributed by atoms with Gasteiger partial charge in [0.2, 0.25) is 0 Å². The third kappa shape index (κ3) is 2.42. The zero-order chi connectivity index (χ0) is 14.8. The van der Waals surface area contributed by atoms with Crippen molar-refractivity contribution in [3.05, 3.63) is 41.7 Å². The molecule has 2 amide bonds. The molecule has 1 aliphatic heterocycles. The van der Waals surface area contributed by atoms with E-state index in [4.69, 9.17) is 4.42 Å². The van der Waals surface area contributed by atoms with E-state index in [0.29, 0.717) is 24.4 Å². The number of furan rings is 1. The second kappa shape index (κ2) is 5.44. The Morgan fingerprint density at radius 2 is 2.14 bits per heavy atom. The SMILES string of the molecule is Cc1c(-c2ccc(C=O)o2)cccc1N1CCCNC1=O. The molecule has 5 heteroatoms. The molecule has 3 rings (SSSR count). The monoisotopic (exact) mass is 284 g/mol. The highest BCUT2D eigenvalue weighted by Gasteiger charge is 2.22. The Bertz CT molecular complexity index is 691. The van der Waals surface area contributed by atoms with Crippen molar-refractivity contribution in [1.29, 1.82) is 0 Å². The highest BCUT2D eigenvalue weighted by atomic mass is 16.3. The molecule has 21 heavy (non-hydrogen) atoms. The first-order chi connectivity index (χ1) is 10.2. The maximum Gasteiger partial charge on any atom is 0.321 e. The molecule has 0 aliphatic carbocycles. The minimum absolute atomic E-state index is 0.0745. The molecule has 1 aromatic carbocycles. The van der Waals surface area contributed by atoms with Crippen LogP contribution in [0, 0.1) is 6.92 Å². The summed E-state index contributed by atoms with van der Waals surface area (Å²) < 4.78 is 5.48. The standard InChI is InChI=1S/C16H16N2O3/c1-11-13(15-7-6-12(10-19)21-15)4-2-5-14(11)18-9-3-8-17-16(18)20/h2,4-7,10H,3,8-9H2,1H3,(H,17,20). The number of anilines is 1. The molecule has 5 nitrogen and oxygen atoms in total. The van der Waals surface area contributed by atoms with E-state index in [-0.39, 0.29) is 6.03 Å². The summed E-state index contributed by atoms with van der Waals surface area (Å²) in [5.41, 5.74) is 2.72. The van der Waals surface area contributed by atoms with Crippen molar-refractivity contribution in [2.75, 3.05) is 18.0 Å². The molecule has 0 radical (unpaired) electrons. The van der Waals surface area contributed by atoms with E-state index < -0.39 is 0 Å². The summed E-state index contributed by atoms with van der Waals surface area (Å²) in [4.78, 5) is 24.5. The molecule has 2 heterocycles. The Labute approximate surface area is 122 Å². The van der Waals surface area contributed by atoms with E-state index in [1.165, 1.54) is 0 Å². The Morgan fingerprint density at radius 3 is 2.86 bits per heavy atom. The lowest BCUT2D eigenvalue weighted by molar-refractivity contribution is 0.110. The molecule has 0 atom stereocenters. The van der Waals surface area contributed by atoms with Crippen LogP contribution in [-0.4, -0.2) is 25.4 Å². The highest BCUT2D eigenvalue weighted by molar-refractivity contribution is 5.94. The number of nitrogens with zero attached hydrogens (tertiary/aromatic N) is 1. The fourth-order valence-electron chi connectivity index (χ4n) is 2.60. The van der Waals surface area contributed by atoms with E-state index in [1.54, 1.807) is 17.0 Å². The molecule has 1 aromatic heterocycles. The lowest BCUT2D eigenvalue weighted by Gasteiger charge is -2.29. The van der Waals surface area contributed by atoms with Gasteiger partial charge in [0, 0.05) is 24.3 Å². The van der Waals surface area contributed by atoms with Crippen molar-refractivity contribution >= 4 is 18.0 Å². The Hall–Kier alpha value is -2.56. The lowest BCUT2D eigenvalue weighted by Crippen LogP contribution is -2.46. The Kier molecular flexibility index (Phi) is 3.48. The fraction of sp³-hybridized carbons (Fsp3) is 0.250. The first kappa shape index (κ1) is 13.4. The quantitative estimate of drug-likeness (QED) is 0.881. The van der Waals surface area contributed by atoms with Crippen molar-refractivity contribution in [1.82, 2.24) is 5.32 Å². The van der Waals surface area contributed by atoms with Crippen LogP contribution >= 0.6 is 0 Å². The Morgan fingerprint density at radius 1 is 1.29 bits per heavy atom. The molecule has 0 saturated carbocycles. The van der Waals surface area contributed by atoms with Crippen LogP contribution in [0.1, 0.15) is 22.5 Å². The summed E-state index contributed by atoms with van der Waals surface area (Å²) in [7, 11) is 0. The van der Waals surface area contributed by atoms with Gasteiger partial charge in [0.25, 0.3) is 0 Å². The van der Waals surface area contributed by atoms with Crippen LogP contribution in [0.4, 0.5) is 10.5 Å². The summed E-state index contributed by atoms with van der Waals surface area (Å²) in [6.07, 6.45) is 1.60. The van der Waals surface area contributed by atoms with Gasteiger partial charge in [-0.25, -0.2) is 4.79 Å². The van der Waals surface area contributed by atoms with Crippen molar-refractivity contribution in [2.45, 2.75) is 13.3 Å². The van der Waals surface area contributed by atoms with Gasteiger partial charge in [-0.1, -0.05) is 12.1 Å². The third-order valence-electron chi connectivity index (χ3n) is 3.68. The number of aldehydes is 1. The normalized spacial score (nSPS) is 14.9. The molecular formula is C16H16N2O3. The zero-order valence-electron chi connectivity index (χ0n) is 11.8. The molecule has 1 fully saturated rings. The second-order valence-electron chi connectivity index (χ2n) is 5.01. The van der Waals surface area contributed by atoms with Gasteiger partial charge in [-0.05, 0) is 37.1 Å². The van der Waals surface area contributed by atoms with Crippen LogP contribution in [0.25, 0.3) is 11.3 Å². The first-order valence-electron chi connectivity index (χ1n) is 6.91. The van der Waals surface area contributed by atoms with Gasteiger partial charge in [0.1, 0.15) is 5.76 Å². The lowest BCUT2D eigenvalue weighted by atomic mass is 10.0. The van der Waals surface area contributed by atoms with Crippen LogP contribution in [0.2, 0.25) is 0 Å². The van der Waals surface area contributed by atoms with Crippen molar-refractivity contribution in [3.63, 3.8) is 0 Å². The topological polar surface area (TPSA) is 62.6 Å². The second-order valence-corrected chi connectivity index (χ2v) is 5.01. The number of urea groups is 1. The summed E-state index contributed by atoms with van der Waals surface area (Å²) in [5, 5.41) is 2.85. The molecule has 2 aromatic rings. The average Bonchev–Trinajstić information content (AvgIpc) is 2.97. The highest BCUT2D eigenvalue weighted by Crippen LogP contribution is 2.32. The minimum atomic E-state index is -0.0745. The number of hydrogen-bond donors (Lipinski definition) is 1. The number of benzene rings is 1. The van der Waals surface area contributed by atoms with Crippen LogP contribution < -0.4 is 10.2 Å². The number of carbonyl (C=O) groups excluding carboxylic acids is 2. The smallest absolute Gasteiger partial charge is 0.321 e. The van der Waals surface area contributed by atoms with Crippen molar-refractivity contribution < 1.29 is 14.0 Å². The van der Waals surface area contributed by atoms with Crippen LogP contribution in [0.15, 0.2) is 34.7 Å². The summed E-state index contributed by atoms with van der Waals surface area (Å²) in [6, 6.07) is 9.08. The number of hydrogen-bond acceptors (Lipinski definition) is 3. The molecule has 0 bridgehead atoms. The number of carbonyl (C=O) groups is 2. The molecule has 0 unspecified atom stereocenters. The largest absolute Gasteiger partial charge is 0.453 e. The van der Waals surface area contributed by atoms with Gasteiger partial charge in [0.15, 0.2) is 12.0 Å². The molecule has 1 saturated heterocycles. The summed E-state index contributed by atoms with van der Waals surface area (Å²) in [5.74, 6) is 0.930. The molecule has 1 aliphatic rings. The predicted molar refractivity (Wildman–Crippen MR) is 79.6 cm³/mol. The van der Waals surface area contributed by atoms with Crippen LogP contribution in [0.5, 0.6) is 0 Å². The minimum Gasteiger partial charge on any atom is -0.453 e. The number of nitrogens with one attached hydrogen (secondary N) is 1. The van der Waals surface area contributed by atoms with E-state index in [0.717, 1.165) is 29.8 Å². The molecule has 108 valence electrons. The van der Waals surface area contributed by atoms with Crippen LogP contribution in [0.3, 0.4) is 0 Å². The number of rotatable bonds is 3. The first-order valence-corrected chi connectivity index (χ1v) is 6.91. The summed E-state index contributed by atoms with van der Waals surface area (Å²) >= 11 is 0. The van der Waals surface area contributed by atoms with Crippen molar-refractivity contribution in [3.8, 4) is 11.3 Å². The fourth-order valence-corrected chi connectivity index (χ4v) is 2.60. The molecule has 0 spiro atoms. The zero-order valence-corrected chi connectivity index (χ0v) is 11.8. The van der Waals surface area contributed by atoms with Gasteiger partial charge in [-0.2, -0.15) is 0 Å². The average molecular weight is 284 g/mol. The molecule has 1 N–H and O–H groups in total. The van der Waals surface area contributed by atoms with Gasteiger partial charge in [0.05, 0.1) is 0 Å². The van der Waals surface area contributed by atoms with Gasteiger partial charge in [-0.3, -0.25) is 9.69 Å². The third-order valence-corrected chi connectivity index (χ3v) is 3.68. The van der Waals surface area contributed by atoms with Gasteiger partial charge >= 0.3 is 6.03 Å². The van der Waals surface area contributed by atoms with E-state index in [2.05, 4.69) is 5.32 Å². The van der Waals surface area contributed by atoms with E-state index in [9.17, 15) is 9.59 Å². The predicted octanol–water partition coefficient (Wildman–Crippen LogP) is 2.99. The maximum atomic E-state index is 12.0. The van der Waals surface area contributed by atoms with Crippen molar-refractivity contribution in [2.24, 2.45) is 0 Å². The Balaban J connectivity index is 2.02. The van der Waals surface area contributed by atoms with E-state index in [1.807, 2.05) is 25.1 Å². The van der Waals surface area contributed by atoms with Gasteiger partial charge < -0.3 is 9.73 Å². The van der Waals surface area contributed by atoms with Gasteiger partial charge in [-0.15, -0.1) is 0 Å². The molecular weight excluding hydrogens is 268 g/mol.